The average molecular weight is 411 g/mol. The summed E-state index contributed by atoms with van der Waals surface area (Å²) in [7, 11) is 1.70. The summed E-state index contributed by atoms with van der Waals surface area (Å²) in [5.74, 6) is -1.20. The van der Waals surface area contributed by atoms with Crippen molar-refractivity contribution in [2.24, 2.45) is 11.8 Å². The van der Waals surface area contributed by atoms with Crippen molar-refractivity contribution in [3.8, 4) is 0 Å². The van der Waals surface area contributed by atoms with Gasteiger partial charge in [-0.1, -0.05) is 12.2 Å². The van der Waals surface area contributed by atoms with Gasteiger partial charge in [-0.2, -0.15) is 0 Å². The van der Waals surface area contributed by atoms with Gasteiger partial charge in [0.25, 0.3) is 0 Å². The van der Waals surface area contributed by atoms with Crippen LogP contribution in [0.4, 0.5) is 10.1 Å². The smallest absolute Gasteiger partial charge is 0.234 e. The summed E-state index contributed by atoms with van der Waals surface area (Å²) in [6.45, 7) is 3.30. The van der Waals surface area contributed by atoms with Gasteiger partial charge in [-0.3, -0.25) is 9.59 Å². The molecule has 156 valence electrons. The first-order valence-electron chi connectivity index (χ1n) is 9.99. The van der Waals surface area contributed by atoms with Gasteiger partial charge in [-0.25, -0.2) is 4.39 Å². The van der Waals surface area contributed by atoms with Crippen LogP contribution < -0.4 is 4.90 Å². The Morgan fingerprint density at radius 3 is 2.87 bits per heavy atom. The molecule has 1 aromatic carbocycles. The number of ether oxygens (including phenoxy) is 1. The molecule has 0 N–H and O–H groups in total. The van der Waals surface area contributed by atoms with Gasteiger partial charge in [-0.15, -0.1) is 10.2 Å². The number of aromatic nitrogens is 3. The number of aryl methyl sites for hydroxylation is 1. The lowest BCUT2D eigenvalue weighted by Gasteiger charge is -2.27. The highest BCUT2D eigenvalue weighted by atomic mass is 19.1. The molecule has 2 fully saturated rings. The Kier molecular flexibility index (Phi) is 4.25. The molecule has 1 aromatic heterocycles. The van der Waals surface area contributed by atoms with Gasteiger partial charge in [0.05, 0.1) is 31.0 Å². The molecule has 2 aromatic rings. The number of fused-ring (bicyclic) bond motifs is 1. The maximum atomic E-state index is 13.4. The summed E-state index contributed by atoms with van der Waals surface area (Å²) in [5.41, 5.74) is -0.220. The zero-order chi connectivity index (χ0) is 21.0. The van der Waals surface area contributed by atoms with Crippen LogP contribution in [-0.4, -0.2) is 56.8 Å². The second-order valence-electron chi connectivity index (χ2n) is 8.03. The third-order valence-corrected chi connectivity index (χ3v) is 6.32. The fourth-order valence-corrected chi connectivity index (χ4v) is 4.83. The predicted octanol–water partition coefficient (Wildman–Crippen LogP) is 1.38. The normalized spacial score (nSPS) is 29.0. The van der Waals surface area contributed by atoms with E-state index >= 15 is 0 Å². The summed E-state index contributed by atoms with van der Waals surface area (Å²) in [4.78, 5) is 29.9. The van der Waals surface area contributed by atoms with Crippen LogP contribution in [0, 0.1) is 17.7 Å². The fraction of sp³-hybridized carbons (Fsp3) is 0.429. The molecule has 2 saturated heterocycles. The quantitative estimate of drug-likeness (QED) is 0.695. The molecule has 0 radical (unpaired) electrons. The average Bonchev–Trinajstić information content (AvgIpc) is 3.49. The van der Waals surface area contributed by atoms with Gasteiger partial charge in [0, 0.05) is 19.3 Å². The van der Waals surface area contributed by atoms with Crippen LogP contribution in [0.3, 0.4) is 0 Å². The highest BCUT2D eigenvalue weighted by Gasteiger charge is 2.67. The van der Waals surface area contributed by atoms with Gasteiger partial charge in [0.15, 0.2) is 5.82 Å². The largest absolute Gasteiger partial charge is 0.360 e. The highest BCUT2D eigenvalue weighted by Crippen LogP contribution is 2.53. The molecule has 3 aliphatic rings. The number of benzene rings is 1. The van der Waals surface area contributed by atoms with Crippen molar-refractivity contribution in [1.29, 1.82) is 0 Å². The lowest BCUT2D eigenvalue weighted by atomic mass is 9.76. The molecule has 0 aliphatic carbocycles. The zero-order valence-electron chi connectivity index (χ0n) is 16.7. The zero-order valence-corrected chi connectivity index (χ0v) is 16.7. The summed E-state index contributed by atoms with van der Waals surface area (Å²) < 4.78 is 21.4. The number of hydrogen-bond donors (Lipinski definition) is 0. The standard InChI is InChI=1S/C21H22FN5O3/c1-3-26-12-23-24-16(26)10-25(2)19(28)17-15-8-9-21(30-15)11-27(20(29)18(17)21)14-6-4-13(22)5-7-14/h4-9,12,15,17-18H,3,10-11H2,1-2H3/t15-,17?,18?,21-/m1/s1. The van der Waals surface area contributed by atoms with Crippen molar-refractivity contribution < 1.29 is 18.7 Å². The van der Waals surface area contributed by atoms with Gasteiger partial charge in [0.1, 0.15) is 17.7 Å². The topological polar surface area (TPSA) is 80.6 Å². The number of rotatable bonds is 5. The van der Waals surface area contributed by atoms with E-state index in [1.54, 1.807) is 35.3 Å². The van der Waals surface area contributed by atoms with Crippen molar-refractivity contribution in [1.82, 2.24) is 19.7 Å². The SMILES string of the molecule is CCn1cnnc1CN(C)C(=O)C1C2C(=O)N(c3ccc(F)cc3)C[C@]23C=C[C@H]1O3. The van der Waals surface area contributed by atoms with Crippen LogP contribution in [0.25, 0.3) is 0 Å². The lowest BCUT2D eigenvalue weighted by Crippen LogP contribution is -2.44. The first-order chi connectivity index (χ1) is 14.4. The molecular formula is C21H22FN5O3. The Balaban J connectivity index is 1.40. The molecule has 2 amide bonds. The maximum absolute atomic E-state index is 13.4. The first-order valence-corrected chi connectivity index (χ1v) is 9.99. The van der Waals surface area contributed by atoms with E-state index in [0.29, 0.717) is 31.1 Å². The highest BCUT2D eigenvalue weighted by molar-refractivity contribution is 6.03. The number of carbonyl (C=O) groups is 2. The van der Waals surface area contributed by atoms with Crippen LogP contribution in [0.2, 0.25) is 0 Å². The molecule has 8 nitrogen and oxygen atoms in total. The predicted molar refractivity (Wildman–Crippen MR) is 105 cm³/mol. The third-order valence-electron chi connectivity index (χ3n) is 6.32. The molecule has 5 rings (SSSR count). The summed E-state index contributed by atoms with van der Waals surface area (Å²) in [6.07, 6.45) is 4.99. The van der Waals surface area contributed by atoms with E-state index < -0.39 is 23.5 Å². The number of hydrogen-bond acceptors (Lipinski definition) is 5. The summed E-state index contributed by atoms with van der Waals surface area (Å²) in [6, 6.07) is 5.79. The molecule has 1 spiro atoms. The fourth-order valence-electron chi connectivity index (χ4n) is 4.83. The van der Waals surface area contributed by atoms with Crippen LogP contribution in [0.5, 0.6) is 0 Å². The number of amides is 2. The number of anilines is 1. The Hall–Kier alpha value is -3.07. The molecule has 3 aliphatic heterocycles. The monoisotopic (exact) mass is 411 g/mol. The second kappa shape index (κ2) is 6.73. The van der Waals surface area contributed by atoms with E-state index in [1.807, 2.05) is 23.6 Å². The van der Waals surface area contributed by atoms with Crippen molar-refractivity contribution >= 4 is 17.5 Å². The van der Waals surface area contributed by atoms with Crippen molar-refractivity contribution in [3.05, 3.63) is 54.4 Å². The third kappa shape index (κ3) is 2.68. The summed E-state index contributed by atoms with van der Waals surface area (Å²) in [5, 5.41) is 8.00. The Labute approximate surface area is 172 Å². The number of carbonyl (C=O) groups excluding carboxylic acids is 2. The number of nitrogens with zero attached hydrogens (tertiary/aromatic N) is 5. The van der Waals surface area contributed by atoms with E-state index in [1.165, 1.54) is 12.1 Å². The van der Waals surface area contributed by atoms with Gasteiger partial charge in [0.2, 0.25) is 11.8 Å². The van der Waals surface area contributed by atoms with E-state index in [4.69, 9.17) is 4.74 Å². The van der Waals surface area contributed by atoms with Crippen LogP contribution >= 0.6 is 0 Å². The van der Waals surface area contributed by atoms with E-state index in [2.05, 4.69) is 10.2 Å². The van der Waals surface area contributed by atoms with Crippen LogP contribution in [-0.2, 0) is 27.4 Å². The molecule has 4 heterocycles. The van der Waals surface area contributed by atoms with Crippen molar-refractivity contribution in [2.75, 3.05) is 18.5 Å². The molecule has 9 heteroatoms. The van der Waals surface area contributed by atoms with Crippen LogP contribution in [0.1, 0.15) is 12.7 Å². The van der Waals surface area contributed by atoms with E-state index in [0.717, 1.165) is 0 Å². The Morgan fingerprint density at radius 1 is 1.37 bits per heavy atom. The minimum atomic E-state index is -0.819. The van der Waals surface area contributed by atoms with Gasteiger partial charge < -0.3 is 19.1 Å². The van der Waals surface area contributed by atoms with Crippen molar-refractivity contribution in [3.63, 3.8) is 0 Å². The van der Waals surface area contributed by atoms with Crippen molar-refractivity contribution in [2.45, 2.75) is 31.7 Å². The van der Waals surface area contributed by atoms with Crippen LogP contribution in [0.15, 0.2) is 42.7 Å². The van der Waals surface area contributed by atoms with E-state index in [-0.39, 0.29) is 17.6 Å². The Bertz CT molecular complexity index is 1040. The summed E-state index contributed by atoms with van der Waals surface area (Å²) >= 11 is 0. The maximum Gasteiger partial charge on any atom is 0.234 e. The Morgan fingerprint density at radius 2 is 2.13 bits per heavy atom. The second-order valence-corrected chi connectivity index (χ2v) is 8.03. The molecule has 30 heavy (non-hydrogen) atoms. The molecular weight excluding hydrogens is 389 g/mol. The first kappa shape index (κ1) is 18.9. The molecule has 0 saturated carbocycles. The van der Waals surface area contributed by atoms with Gasteiger partial charge >= 0.3 is 0 Å². The van der Waals surface area contributed by atoms with Gasteiger partial charge in [-0.05, 0) is 31.2 Å². The van der Waals surface area contributed by atoms with E-state index in [9.17, 15) is 14.0 Å². The minimum absolute atomic E-state index is 0.156. The number of halogens is 1. The minimum Gasteiger partial charge on any atom is -0.360 e. The molecule has 2 unspecified atom stereocenters. The lowest BCUT2D eigenvalue weighted by molar-refractivity contribution is -0.139. The molecule has 4 atom stereocenters. The molecule has 2 bridgehead atoms.